The Balaban J connectivity index is 1.21. The fourth-order valence-corrected chi connectivity index (χ4v) is 8.25. The number of aromatic nitrogens is 2. The highest BCUT2D eigenvalue weighted by Gasteiger charge is 2.25. The number of aryl methyl sites for hydroxylation is 1. The van der Waals surface area contributed by atoms with Gasteiger partial charge in [-0.05, 0) is 109 Å². The number of hydrazine groups is 2. The molecule has 7 aromatic rings. The number of carbonyl (C=O) groups is 2. The van der Waals surface area contributed by atoms with Crippen molar-refractivity contribution >= 4 is 85.5 Å². The van der Waals surface area contributed by atoms with Crippen LogP contribution in [0.5, 0.6) is 0 Å². The Morgan fingerprint density at radius 1 is 0.574 bits per heavy atom. The lowest BCUT2D eigenvalue weighted by atomic mass is 9.84. The molecule has 16 heteroatoms. The van der Waals surface area contributed by atoms with Crippen molar-refractivity contribution < 1.29 is 26.4 Å². The zero-order chi connectivity index (χ0) is 38.2. The molecule has 0 unspecified atom stereocenters. The smallest absolute Gasteiger partial charge is 0.266 e. The van der Waals surface area contributed by atoms with Crippen LogP contribution >= 0.6 is 31.9 Å². The number of H-pyrrole nitrogens is 2. The van der Waals surface area contributed by atoms with Crippen LogP contribution in [0.25, 0.3) is 21.8 Å². The Bertz CT molecular complexity index is 2600. The first kappa shape index (κ1) is 37.2. The number of aromatic amines is 2. The second kappa shape index (κ2) is 15.0. The third-order valence-electron chi connectivity index (χ3n) is 8.83. The molecule has 0 aliphatic rings. The third kappa shape index (κ3) is 7.75. The lowest BCUT2D eigenvalue weighted by Gasteiger charge is -2.18. The Labute approximate surface area is 327 Å². The number of halogens is 2. The number of hydrogen-bond donors (Lipinski definition) is 6. The van der Waals surface area contributed by atoms with E-state index in [0.717, 1.165) is 44.1 Å². The number of carbonyl (C=O) groups excluding carboxylic acids is 2. The number of benzene rings is 5. The second-order valence-corrected chi connectivity index (χ2v) is 17.6. The third-order valence-corrected chi connectivity index (χ3v) is 12.4. The molecule has 0 fully saturated rings. The van der Waals surface area contributed by atoms with Crippen LogP contribution in [0.2, 0.25) is 0 Å². The van der Waals surface area contributed by atoms with Gasteiger partial charge in [-0.2, -0.15) is 0 Å². The first-order valence-corrected chi connectivity index (χ1v) is 20.8. The highest BCUT2D eigenvalue weighted by atomic mass is 79.9. The number of hydrogen-bond acceptors (Lipinski definition) is 6. The van der Waals surface area contributed by atoms with Crippen LogP contribution in [-0.2, 0) is 20.0 Å². The van der Waals surface area contributed by atoms with E-state index in [1.807, 2.05) is 43.6 Å². The van der Waals surface area contributed by atoms with Crippen molar-refractivity contribution in [2.45, 2.75) is 22.6 Å². The van der Waals surface area contributed by atoms with E-state index in [2.05, 4.69) is 62.3 Å². The maximum atomic E-state index is 13.3. The first-order valence-electron chi connectivity index (χ1n) is 16.2. The van der Waals surface area contributed by atoms with E-state index >= 15 is 0 Å². The van der Waals surface area contributed by atoms with Crippen molar-refractivity contribution in [1.29, 1.82) is 0 Å². The van der Waals surface area contributed by atoms with E-state index in [1.165, 1.54) is 24.3 Å². The van der Waals surface area contributed by atoms with E-state index in [9.17, 15) is 26.4 Å². The molecule has 0 spiro atoms. The molecule has 2 amide bonds. The van der Waals surface area contributed by atoms with Gasteiger partial charge >= 0.3 is 0 Å². The molecule has 0 saturated carbocycles. The van der Waals surface area contributed by atoms with Crippen molar-refractivity contribution in [3.8, 4) is 0 Å². The number of nitrogens with one attached hydrogen (secondary N) is 6. The Morgan fingerprint density at radius 2 is 0.981 bits per heavy atom. The minimum absolute atomic E-state index is 0.0170. The summed E-state index contributed by atoms with van der Waals surface area (Å²) in [6, 6.07) is 30.1. The number of sulfonamides is 2. The monoisotopic (exact) mass is 888 g/mol. The van der Waals surface area contributed by atoms with Crippen molar-refractivity contribution in [1.82, 2.24) is 30.5 Å². The summed E-state index contributed by atoms with van der Waals surface area (Å²) in [5, 5.41) is 1.43. The van der Waals surface area contributed by atoms with Gasteiger partial charge in [0, 0.05) is 60.2 Å². The second-order valence-electron chi connectivity index (χ2n) is 12.4. The molecule has 0 bridgehead atoms. The first-order chi connectivity index (χ1) is 25.8. The molecule has 0 aliphatic heterocycles. The summed E-state index contributed by atoms with van der Waals surface area (Å²) >= 11 is 6.56. The molecule has 54 heavy (non-hydrogen) atoms. The lowest BCUT2D eigenvalue weighted by Crippen LogP contribution is -2.41. The summed E-state index contributed by atoms with van der Waals surface area (Å²) in [4.78, 5) is 37.5. The maximum Gasteiger partial charge on any atom is 0.266 e. The molecule has 6 N–H and O–H groups in total. The summed E-state index contributed by atoms with van der Waals surface area (Å²) in [6.45, 7) is 1.99. The molecule has 274 valence electrons. The molecule has 2 aromatic heterocycles. The Hall–Kier alpha value is -5.10. The van der Waals surface area contributed by atoms with Crippen molar-refractivity contribution in [2.24, 2.45) is 0 Å². The van der Waals surface area contributed by atoms with Crippen LogP contribution in [0.3, 0.4) is 0 Å². The van der Waals surface area contributed by atoms with E-state index in [-0.39, 0.29) is 20.9 Å². The predicted molar refractivity (Wildman–Crippen MR) is 213 cm³/mol. The minimum atomic E-state index is -4.03. The standard InChI is InChI=1S/C38H30Br2N6O6S2/c1-22-2-4-23(5-3-22)36(32-20-41-34-16-6-24(18-30(32)34)37(47)43-45-53(49,50)28-12-8-26(39)9-13-28)33-21-42-35-17-7-25(19-31(33)35)38(48)44-46-54(51,52)29-14-10-27(40)11-15-29/h2-21,36,41-42,45-46H,1H3,(H,43,47)(H,44,48). The summed E-state index contributed by atoms with van der Waals surface area (Å²) < 4.78 is 52.7. The van der Waals surface area contributed by atoms with Crippen LogP contribution < -0.4 is 20.5 Å². The molecule has 7 rings (SSSR count). The molecule has 5 aromatic carbocycles. The normalized spacial score (nSPS) is 12.0. The molecule has 2 heterocycles. The van der Waals surface area contributed by atoms with Crippen molar-refractivity contribution in [3.05, 3.63) is 164 Å². The van der Waals surface area contributed by atoms with E-state index in [0.29, 0.717) is 8.95 Å². The van der Waals surface area contributed by atoms with Crippen LogP contribution in [0.1, 0.15) is 48.9 Å². The Morgan fingerprint density at radius 3 is 1.39 bits per heavy atom. The van der Waals surface area contributed by atoms with Gasteiger partial charge in [0.15, 0.2) is 0 Å². The summed E-state index contributed by atoms with van der Waals surface area (Å²) in [6.07, 6.45) is 3.72. The van der Waals surface area contributed by atoms with Gasteiger partial charge in [0.05, 0.1) is 9.79 Å². The van der Waals surface area contributed by atoms with Gasteiger partial charge in [0.1, 0.15) is 0 Å². The molecule has 0 saturated heterocycles. The zero-order valence-electron chi connectivity index (χ0n) is 28.1. The fourth-order valence-electron chi connectivity index (χ4n) is 6.05. The predicted octanol–water partition coefficient (Wildman–Crippen LogP) is 6.91. The van der Waals surface area contributed by atoms with Crippen LogP contribution in [-0.4, -0.2) is 38.6 Å². The van der Waals surface area contributed by atoms with E-state index in [1.54, 1.807) is 60.7 Å². The largest absolute Gasteiger partial charge is 0.361 e. The summed E-state index contributed by atoms with van der Waals surface area (Å²) in [5.74, 6) is -1.72. The average Bonchev–Trinajstić information content (AvgIpc) is 3.78. The average molecular weight is 891 g/mol. The van der Waals surface area contributed by atoms with Gasteiger partial charge < -0.3 is 9.97 Å². The van der Waals surface area contributed by atoms with E-state index in [4.69, 9.17) is 0 Å². The molecule has 12 nitrogen and oxygen atoms in total. The zero-order valence-corrected chi connectivity index (χ0v) is 33.0. The molecule has 0 atom stereocenters. The lowest BCUT2D eigenvalue weighted by molar-refractivity contribution is 0.0937. The molecule has 0 aliphatic carbocycles. The number of amides is 2. The molecular weight excluding hydrogens is 860 g/mol. The van der Waals surface area contributed by atoms with Gasteiger partial charge in [-0.15, -0.1) is 9.66 Å². The summed E-state index contributed by atoms with van der Waals surface area (Å²) in [7, 11) is -8.07. The fraction of sp³-hybridized carbons (Fsp3) is 0.0526. The van der Waals surface area contributed by atoms with Gasteiger partial charge in [0.25, 0.3) is 31.9 Å². The van der Waals surface area contributed by atoms with Gasteiger partial charge in [-0.1, -0.05) is 61.7 Å². The highest BCUT2D eigenvalue weighted by Crippen LogP contribution is 2.40. The Kier molecular flexibility index (Phi) is 10.3. The molecular formula is C38H30Br2N6O6S2. The summed E-state index contributed by atoms with van der Waals surface area (Å²) in [5.41, 5.74) is 10.2. The van der Waals surface area contributed by atoms with E-state index < -0.39 is 37.8 Å². The minimum Gasteiger partial charge on any atom is -0.361 e. The van der Waals surface area contributed by atoms with Crippen LogP contribution in [0, 0.1) is 6.92 Å². The molecule has 0 radical (unpaired) electrons. The van der Waals surface area contributed by atoms with Crippen molar-refractivity contribution in [2.75, 3.05) is 0 Å². The number of fused-ring (bicyclic) bond motifs is 2. The number of rotatable bonds is 11. The van der Waals surface area contributed by atoms with Gasteiger partial charge in [-0.25, -0.2) is 16.8 Å². The quantitative estimate of drug-likeness (QED) is 0.0768. The van der Waals surface area contributed by atoms with Crippen LogP contribution in [0.4, 0.5) is 0 Å². The topological polar surface area (TPSA) is 182 Å². The highest BCUT2D eigenvalue weighted by molar-refractivity contribution is 9.10. The van der Waals surface area contributed by atoms with Crippen LogP contribution in [0.15, 0.2) is 140 Å². The van der Waals surface area contributed by atoms with Gasteiger partial charge in [-0.3, -0.25) is 20.4 Å². The SMILES string of the molecule is Cc1ccc(C(c2c[nH]c3ccc(C(=O)NNS(=O)(=O)c4ccc(Br)cc4)cc23)c2c[nH]c3ccc(C(=O)NNS(=O)(=O)c4ccc(Br)cc4)cc23)cc1. The van der Waals surface area contributed by atoms with Gasteiger partial charge in [0.2, 0.25) is 0 Å². The maximum absolute atomic E-state index is 13.3. The van der Waals surface area contributed by atoms with Crippen molar-refractivity contribution in [3.63, 3.8) is 0 Å².